The molecule has 0 aliphatic heterocycles. The van der Waals surface area contributed by atoms with Crippen LogP contribution in [0, 0.1) is 6.92 Å². The smallest absolute Gasteiger partial charge is 0.220 e. The number of aromatic nitrogens is 2. The lowest BCUT2D eigenvalue weighted by Crippen LogP contribution is -2.26. The first-order valence-corrected chi connectivity index (χ1v) is 12.1. The molecule has 5 rings (SSSR count). The van der Waals surface area contributed by atoms with Crippen molar-refractivity contribution in [1.82, 2.24) is 14.7 Å². The number of nitrogens with zero attached hydrogens (tertiary/aromatic N) is 2. The molecule has 1 unspecified atom stereocenters. The largest absolute Gasteiger partial charge is 0.350 e. The van der Waals surface area contributed by atoms with E-state index in [9.17, 15) is 4.79 Å². The van der Waals surface area contributed by atoms with Crippen LogP contribution in [0.2, 0.25) is 0 Å². The van der Waals surface area contributed by atoms with Gasteiger partial charge >= 0.3 is 0 Å². The molecule has 0 fully saturated rings. The maximum Gasteiger partial charge on any atom is 0.220 e. The molecule has 1 atom stereocenters. The SMILES string of the molecule is Cc1ccc(-c2nc3ccc(-c4ccccc4)cn3c2CCC(=O)NC(C)c2ccccc2)cc1. The van der Waals surface area contributed by atoms with E-state index in [1.807, 2.05) is 55.5 Å². The molecule has 4 nitrogen and oxygen atoms in total. The quantitative estimate of drug-likeness (QED) is 0.291. The lowest BCUT2D eigenvalue weighted by Gasteiger charge is -2.14. The second-order valence-electron chi connectivity index (χ2n) is 8.99. The third kappa shape index (κ3) is 5.02. The maximum absolute atomic E-state index is 12.9. The molecule has 0 aliphatic rings. The van der Waals surface area contributed by atoms with E-state index >= 15 is 0 Å². The van der Waals surface area contributed by atoms with Crippen LogP contribution >= 0.6 is 0 Å². The number of hydrogen-bond donors (Lipinski definition) is 1. The summed E-state index contributed by atoms with van der Waals surface area (Å²) in [5.74, 6) is 0.0328. The van der Waals surface area contributed by atoms with Crippen LogP contribution in [-0.4, -0.2) is 15.3 Å². The Balaban J connectivity index is 1.46. The van der Waals surface area contributed by atoms with Crippen molar-refractivity contribution in [1.29, 1.82) is 0 Å². The first-order chi connectivity index (χ1) is 17.1. The Bertz CT molecular complexity index is 1440. The lowest BCUT2D eigenvalue weighted by molar-refractivity contribution is -0.121. The van der Waals surface area contributed by atoms with Gasteiger partial charge in [-0.25, -0.2) is 4.98 Å². The summed E-state index contributed by atoms with van der Waals surface area (Å²) >= 11 is 0. The van der Waals surface area contributed by atoms with Gasteiger partial charge in [-0.2, -0.15) is 0 Å². The van der Waals surface area contributed by atoms with E-state index in [1.165, 1.54) is 5.56 Å². The first-order valence-electron chi connectivity index (χ1n) is 12.1. The van der Waals surface area contributed by atoms with Gasteiger partial charge in [0.15, 0.2) is 0 Å². The second-order valence-corrected chi connectivity index (χ2v) is 8.99. The van der Waals surface area contributed by atoms with Gasteiger partial charge in [-0.05, 0) is 49.1 Å². The number of carbonyl (C=O) groups excluding carboxylic acids is 1. The Labute approximate surface area is 206 Å². The molecule has 3 aromatic carbocycles. The van der Waals surface area contributed by atoms with Gasteiger partial charge < -0.3 is 9.72 Å². The van der Waals surface area contributed by atoms with Crippen molar-refractivity contribution < 1.29 is 4.79 Å². The van der Waals surface area contributed by atoms with Gasteiger partial charge in [-0.3, -0.25) is 4.79 Å². The van der Waals surface area contributed by atoms with Crippen LogP contribution in [0.5, 0.6) is 0 Å². The zero-order chi connectivity index (χ0) is 24.2. The molecule has 0 bridgehead atoms. The van der Waals surface area contributed by atoms with E-state index in [0.717, 1.165) is 39.3 Å². The molecule has 0 spiro atoms. The van der Waals surface area contributed by atoms with E-state index < -0.39 is 0 Å². The van der Waals surface area contributed by atoms with Crippen LogP contribution in [-0.2, 0) is 11.2 Å². The number of aryl methyl sites for hydroxylation is 2. The molecule has 5 aromatic rings. The lowest BCUT2D eigenvalue weighted by atomic mass is 10.0. The zero-order valence-corrected chi connectivity index (χ0v) is 20.1. The highest BCUT2D eigenvalue weighted by Gasteiger charge is 2.17. The molecule has 0 radical (unpaired) electrons. The molecule has 35 heavy (non-hydrogen) atoms. The molecule has 0 saturated carbocycles. The number of amides is 1. The van der Waals surface area contributed by atoms with Gasteiger partial charge in [0.05, 0.1) is 17.4 Å². The summed E-state index contributed by atoms with van der Waals surface area (Å²) in [5.41, 5.74) is 8.50. The second kappa shape index (κ2) is 9.98. The molecule has 2 aromatic heterocycles. The molecular formula is C31H29N3O. The van der Waals surface area contributed by atoms with Crippen molar-refractivity contribution in [2.24, 2.45) is 0 Å². The third-order valence-electron chi connectivity index (χ3n) is 6.42. The molecule has 1 N–H and O–H groups in total. The molecule has 0 aliphatic carbocycles. The summed E-state index contributed by atoms with van der Waals surface area (Å²) in [4.78, 5) is 17.9. The normalized spacial score (nSPS) is 11.9. The van der Waals surface area contributed by atoms with E-state index in [2.05, 4.69) is 71.4 Å². The molecule has 4 heteroatoms. The van der Waals surface area contributed by atoms with Crippen molar-refractivity contribution >= 4 is 11.6 Å². The minimum Gasteiger partial charge on any atom is -0.350 e. The van der Waals surface area contributed by atoms with Crippen molar-refractivity contribution in [2.75, 3.05) is 0 Å². The number of nitrogens with one attached hydrogen (secondary N) is 1. The Kier molecular flexibility index (Phi) is 6.44. The van der Waals surface area contributed by atoms with Gasteiger partial charge in [-0.1, -0.05) is 90.5 Å². The summed E-state index contributed by atoms with van der Waals surface area (Å²) in [5, 5.41) is 3.14. The number of carbonyl (C=O) groups is 1. The van der Waals surface area contributed by atoms with Crippen LogP contribution in [0.25, 0.3) is 28.0 Å². The van der Waals surface area contributed by atoms with Crippen LogP contribution in [0.4, 0.5) is 0 Å². The van der Waals surface area contributed by atoms with Gasteiger partial charge in [-0.15, -0.1) is 0 Å². The highest BCUT2D eigenvalue weighted by molar-refractivity contribution is 5.77. The highest BCUT2D eigenvalue weighted by Crippen LogP contribution is 2.28. The van der Waals surface area contributed by atoms with Crippen LogP contribution in [0.1, 0.15) is 36.2 Å². The zero-order valence-electron chi connectivity index (χ0n) is 20.1. The van der Waals surface area contributed by atoms with E-state index in [-0.39, 0.29) is 11.9 Å². The summed E-state index contributed by atoms with van der Waals surface area (Å²) in [6.07, 6.45) is 3.12. The number of rotatable bonds is 7. The van der Waals surface area contributed by atoms with Crippen LogP contribution in [0.3, 0.4) is 0 Å². The Morgan fingerprint density at radius 3 is 2.20 bits per heavy atom. The maximum atomic E-state index is 12.9. The number of hydrogen-bond acceptors (Lipinski definition) is 2. The van der Waals surface area contributed by atoms with E-state index in [1.54, 1.807) is 0 Å². The van der Waals surface area contributed by atoms with Crippen LogP contribution < -0.4 is 5.32 Å². The number of imidazole rings is 1. The van der Waals surface area contributed by atoms with Crippen molar-refractivity contribution in [2.45, 2.75) is 32.7 Å². The minimum absolute atomic E-state index is 0.0328. The monoisotopic (exact) mass is 459 g/mol. The summed E-state index contributed by atoms with van der Waals surface area (Å²) < 4.78 is 2.14. The fourth-order valence-corrected chi connectivity index (χ4v) is 4.45. The Morgan fingerprint density at radius 2 is 1.49 bits per heavy atom. The molecular weight excluding hydrogens is 430 g/mol. The van der Waals surface area contributed by atoms with Gasteiger partial charge in [0, 0.05) is 18.2 Å². The standard InChI is InChI=1S/C31H29N3O/c1-22-13-15-26(16-14-22)31-28(18-20-30(35)32-23(2)24-9-5-3-6-10-24)34-21-27(17-19-29(34)33-31)25-11-7-4-8-12-25/h3-17,19,21,23H,18,20H2,1-2H3,(H,32,35). The summed E-state index contributed by atoms with van der Waals surface area (Å²) in [6.45, 7) is 4.10. The predicted octanol–water partition coefficient (Wildman–Crippen LogP) is 6.79. The van der Waals surface area contributed by atoms with Gasteiger partial charge in [0.2, 0.25) is 5.91 Å². The fraction of sp³-hybridized carbons (Fsp3) is 0.161. The van der Waals surface area contributed by atoms with E-state index in [0.29, 0.717) is 12.8 Å². The topological polar surface area (TPSA) is 46.4 Å². The number of fused-ring (bicyclic) bond motifs is 1. The number of pyridine rings is 1. The summed E-state index contributed by atoms with van der Waals surface area (Å²) in [7, 11) is 0. The Hall–Kier alpha value is -4.18. The van der Waals surface area contributed by atoms with E-state index in [4.69, 9.17) is 4.98 Å². The minimum atomic E-state index is -0.0351. The molecule has 1 amide bonds. The molecule has 174 valence electrons. The average molecular weight is 460 g/mol. The average Bonchev–Trinajstić information content (AvgIpc) is 3.26. The fourth-order valence-electron chi connectivity index (χ4n) is 4.45. The van der Waals surface area contributed by atoms with Crippen molar-refractivity contribution in [3.8, 4) is 22.4 Å². The number of benzene rings is 3. The molecule has 0 saturated heterocycles. The summed E-state index contributed by atoms with van der Waals surface area (Å²) in [6, 6.07) is 32.9. The Morgan fingerprint density at radius 1 is 0.829 bits per heavy atom. The first kappa shape index (κ1) is 22.6. The van der Waals surface area contributed by atoms with Crippen molar-refractivity contribution in [3.05, 3.63) is 120 Å². The molecule has 2 heterocycles. The highest BCUT2D eigenvalue weighted by atomic mass is 16.1. The van der Waals surface area contributed by atoms with Crippen molar-refractivity contribution in [3.63, 3.8) is 0 Å². The van der Waals surface area contributed by atoms with Gasteiger partial charge in [0.25, 0.3) is 0 Å². The van der Waals surface area contributed by atoms with Crippen LogP contribution in [0.15, 0.2) is 103 Å². The third-order valence-corrected chi connectivity index (χ3v) is 6.42. The van der Waals surface area contributed by atoms with Gasteiger partial charge in [0.1, 0.15) is 5.65 Å². The predicted molar refractivity (Wildman–Crippen MR) is 142 cm³/mol.